The second kappa shape index (κ2) is 21.5. The smallest absolute Gasteiger partial charge is 0.478 e. The van der Waals surface area contributed by atoms with Crippen molar-refractivity contribution in [1.29, 1.82) is 0 Å². The minimum atomic E-state index is -5.86. The van der Waals surface area contributed by atoms with Gasteiger partial charge in [-0.1, -0.05) is 12.8 Å². The lowest BCUT2D eigenvalue weighted by atomic mass is 9.81. The number of carboxylic acids is 1. The monoisotopic (exact) mass is 1150 g/mol. The largest absolute Gasteiger partial charge is 0.490 e. The third-order valence-electron chi connectivity index (χ3n) is 15.1. The fourth-order valence-electron chi connectivity index (χ4n) is 11.9. The van der Waals surface area contributed by atoms with Crippen LogP contribution in [0.1, 0.15) is 112 Å². The van der Waals surface area contributed by atoms with E-state index < -0.39 is 66.1 Å². The molecule has 30 heteroatoms. The Balaban J connectivity index is 0.771. The van der Waals surface area contributed by atoms with Crippen molar-refractivity contribution in [3.8, 4) is 11.5 Å². The number of nitrogen functional groups attached to an aromatic ring is 1. The summed E-state index contributed by atoms with van der Waals surface area (Å²) in [6, 6.07) is 9.18. The number of nitrogens with one attached hydrogen (secondary N) is 3. The van der Waals surface area contributed by atoms with Gasteiger partial charge in [0.25, 0.3) is 11.5 Å². The number of aryl methyl sites for hydroxylation is 2. The van der Waals surface area contributed by atoms with Crippen LogP contribution in [-0.2, 0) is 57.3 Å². The number of hydrogen-bond donors (Lipinski definition) is 11. The standard InChI is InChI=1S/C49H58N9O18P3/c50-48-54-43-36(45(62)55-48)53-49(58(43)46-40(60)39(59)34(73-46)24-72-78(68,69)76-79(70,71)75-77(65,66)67)52-16-4-2-1-3-15-51-44(61)27-13-14-28(47(63)64)31(23-27)35-32-21-25-9-5-17-56-19-7-11-29(37(25)56)41(32)74-42-30-12-8-20-57-18-6-10-26(38(30)57)22-33(35)42/h13-14,21-23,34,39-40,46,59-60H,1-12,15-20,24H2,(H9-,50,51,52,53,54,55,61,62,63,64,65,66,67,68,69,70,71)/p+1/t34-,39-,40-,46-/m1/s1. The summed E-state index contributed by atoms with van der Waals surface area (Å²) in [5.41, 5.74) is 13.2. The van der Waals surface area contributed by atoms with Gasteiger partial charge in [0.1, 0.15) is 42.9 Å². The van der Waals surface area contributed by atoms with Gasteiger partial charge in [-0.2, -0.15) is 13.6 Å². The number of imidazole rings is 1. The zero-order valence-electron chi connectivity index (χ0n) is 42.4. The number of phosphoric ester groups is 1. The van der Waals surface area contributed by atoms with Gasteiger partial charge in [-0.15, -0.1) is 0 Å². The number of ether oxygens (including phenoxy) is 2. The number of nitrogens with two attached hydrogens (primary N) is 1. The van der Waals surface area contributed by atoms with Crippen molar-refractivity contribution >= 4 is 69.7 Å². The molecule has 12 N–H and O–H groups in total. The van der Waals surface area contributed by atoms with Crippen LogP contribution in [-0.4, -0.2) is 130 Å². The average molecular weight is 1150 g/mol. The zero-order valence-corrected chi connectivity index (χ0v) is 45.1. The number of phosphoric acid groups is 3. The van der Waals surface area contributed by atoms with E-state index in [1.807, 2.05) is 0 Å². The van der Waals surface area contributed by atoms with E-state index in [1.165, 1.54) is 28.2 Å². The summed E-state index contributed by atoms with van der Waals surface area (Å²) in [6.07, 6.45) is 2.94. The molecule has 422 valence electrons. The highest BCUT2D eigenvalue weighted by atomic mass is 31.3. The van der Waals surface area contributed by atoms with Crippen molar-refractivity contribution in [3.63, 3.8) is 0 Å². The van der Waals surface area contributed by atoms with Crippen LogP contribution in [0.3, 0.4) is 0 Å². The molecule has 8 heterocycles. The van der Waals surface area contributed by atoms with E-state index in [0.29, 0.717) is 43.4 Å². The maximum atomic E-state index is 14.0. The maximum absolute atomic E-state index is 14.0. The third kappa shape index (κ3) is 10.9. The number of rotatable bonds is 19. The quantitative estimate of drug-likeness (QED) is 0.0314. The molecule has 2 aromatic heterocycles. The Bertz CT molecular complexity index is 3670. The summed E-state index contributed by atoms with van der Waals surface area (Å²) < 4.78 is 63.7. The van der Waals surface area contributed by atoms with Crippen molar-refractivity contribution in [3.05, 3.63) is 95.8 Å². The molecule has 27 nitrogen and oxygen atoms in total. The highest BCUT2D eigenvalue weighted by Gasteiger charge is 2.48. The molecular formula is C49H59N9O18P3+. The second-order valence-electron chi connectivity index (χ2n) is 20.4. The number of hydrogen-bond acceptors (Lipinski definition) is 18. The number of aromatic carboxylic acids is 1. The van der Waals surface area contributed by atoms with Crippen LogP contribution in [0.15, 0.2) is 35.1 Å². The first-order chi connectivity index (χ1) is 37.6. The number of carbonyl (C=O) groups is 2. The lowest BCUT2D eigenvalue weighted by molar-refractivity contribution is -0.0493. The molecule has 2 unspecified atom stereocenters. The molecule has 6 aliphatic heterocycles. The van der Waals surface area contributed by atoms with E-state index in [4.69, 9.17) is 25.0 Å². The number of amides is 1. The predicted octanol–water partition coefficient (Wildman–Crippen LogP) is 2.20. The van der Waals surface area contributed by atoms with Crippen LogP contribution in [0.5, 0.6) is 11.5 Å². The fourth-order valence-corrected chi connectivity index (χ4v) is 14.9. The Hall–Kier alpha value is -5.89. The number of aliphatic hydroxyl groups is 2. The number of benzene rings is 3. The molecule has 5 aromatic rings. The fraction of sp³-hybridized carbons (Fsp3) is 0.469. The first-order valence-electron chi connectivity index (χ1n) is 26.1. The number of aromatic amines is 1. The number of aromatic nitrogens is 4. The van der Waals surface area contributed by atoms with E-state index in [9.17, 15) is 53.2 Å². The molecule has 6 atom stereocenters. The predicted molar refractivity (Wildman–Crippen MR) is 281 cm³/mol. The summed E-state index contributed by atoms with van der Waals surface area (Å²) in [6.45, 7) is 3.38. The van der Waals surface area contributed by atoms with Crippen LogP contribution in [0.25, 0.3) is 16.7 Å². The number of H-pyrrole nitrogens is 1. The Morgan fingerprint density at radius 3 is 2.32 bits per heavy atom. The molecule has 0 saturated carbocycles. The minimum Gasteiger partial charge on any atom is -0.478 e. The van der Waals surface area contributed by atoms with Gasteiger partial charge in [0.05, 0.1) is 17.7 Å². The van der Waals surface area contributed by atoms with Crippen LogP contribution in [0.4, 0.5) is 17.6 Å². The molecule has 6 aliphatic rings. The normalized spacial score (nSPS) is 21.8. The van der Waals surface area contributed by atoms with Gasteiger partial charge in [0.2, 0.25) is 17.3 Å². The van der Waals surface area contributed by atoms with Crippen molar-refractivity contribution in [2.75, 3.05) is 61.8 Å². The zero-order chi connectivity index (χ0) is 55.7. The lowest BCUT2D eigenvalue weighted by Gasteiger charge is -2.39. The summed E-state index contributed by atoms with van der Waals surface area (Å²) in [4.78, 5) is 90.4. The van der Waals surface area contributed by atoms with Crippen LogP contribution in [0, 0.1) is 0 Å². The molecule has 0 aliphatic carbocycles. The van der Waals surface area contributed by atoms with E-state index >= 15 is 0 Å². The van der Waals surface area contributed by atoms with Gasteiger partial charge in [-0.3, -0.25) is 23.7 Å². The number of carbonyl (C=O) groups excluding carboxylic acids is 1. The Kier molecular flexibility index (Phi) is 15.0. The van der Waals surface area contributed by atoms with Gasteiger partial charge >= 0.3 is 29.4 Å². The number of unbranched alkanes of at least 4 members (excludes halogenated alkanes) is 3. The third-order valence-corrected chi connectivity index (χ3v) is 18.9. The first-order valence-corrected chi connectivity index (χ1v) is 30.6. The number of nitrogens with zero attached hydrogens (tertiary/aromatic N) is 5. The van der Waals surface area contributed by atoms with Crippen molar-refractivity contribution in [1.82, 2.24) is 29.4 Å². The highest BCUT2D eigenvalue weighted by Crippen LogP contribution is 2.66. The van der Waals surface area contributed by atoms with Gasteiger partial charge in [0.15, 0.2) is 17.4 Å². The molecule has 11 rings (SSSR count). The Morgan fingerprint density at radius 2 is 1.56 bits per heavy atom. The Morgan fingerprint density at radius 1 is 0.835 bits per heavy atom. The van der Waals surface area contributed by atoms with E-state index in [0.717, 1.165) is 121 Å². The maximum Gasteiger partial charge on any atom is 0.490 e. The summed E-state index contributed by atoms with van der Waals surface area (Å²) in [5, 5.41) is 40.9. The van der Waals surface area contributed by atoms with Crippen LogP contribution in [0.2, 0.25) is 0 Å². The number of fused-ring (bicyclic) bond motifs is 5. The van der Waals surface area contributed by atoms with Crippen molar-refractivity contribution in [2.24, 2.45) is 0 Å². The molecule has 3 aromatic carbocycles. The minimum absolute atomic E-state index is 0.0592. The van der Waals surface area contributed by atoms with Crippen molar-refractivity contribution < 1.29 is 80.8 Å². The van der Waals surface area contributed by atoms with Gasteiger partial charge in [-0.25, -0.2) is 28.0 Å². The van der Waals surface area contributed by atoms with Gasteiger partial charge in [0, 0.05) is 77.8 Å². The first kappa shape index (κ1) is 55.0. The number of aliphatic hydroxyl groups excluding tert-OH is 2. The van der Waals surface area contributed by atoms with E-state index in [1.54, 1.807) is 12.1 Å². The number of anilines is 3. The summed E-state index contributed by atoms with van der Waals surface area (Å²) >= 11 is 0. The van der Waals surface area contributed by atoms with E-state index in [2.05, 4.69) is 60.3 Å². The summed E-state index contributed by atoms with van der Waals surface area (Å²) in [5.74, 6) is -0.296. The molecule has 79 heavy (non-hydrogen) atoms. The SMILES string of the molecule is Nc1nc2c(nc(NCCCCCCNC(=O)c3ccc(C(=O)O)c(C4=c5cc6c7c(c5Oc5c4cc4c8c5CCCN8CCC4)CCC[N+]=7CCC6)c3)n2[C@@H]2O[C@H](COP(=O)(O)OP(=O)(O)OP(=O)(O)O)[C@@H](O)[C@H]2O)c(=O)[nH]1. The summed E-state index contributed by atoms with van der Waals surface area (Å²) in [7, 11) is -17.2. The van der Waals surface area contributed by atoms with E-state index in [-0.39, 0.29) is 41.1 Å². The second-order valence-corrected chi connectivity index (χ2v) is 24.8. The molecule has 0 bridgehead atoms. The average Bonchev–Trinajstić information content (AvgIpc) is 3.43. The molecule has 1 amide bonds. The molecule has 0 radical (unpaired) electrons. The molecule has 0 spiro atoms. The topological polar surface area (TPSA) is 393 Å². The molecule has 1 fully saturated rings. The van der Waals surface area contributed by atoms with Gasteiger partial charge in [-0.05, 0) is 92.8 Å². The van der Waals surface area contributed by atoms with Crippen molar-refractivity contribution in [2.45, 2.75) is 102 Å². The highest BCUT2D eigenvalue weighted by molar-refractivity contribution is 7.66. The van der Waals surface area contributed by atoms with Crippen LogP contribution < -0.4 is 46.7 Å². The molecular weight excluding hydrogens is 1100 g/mol. The van der Waals surface area contributed by atoms with Crippen LogP contribution >= 0.6 is 23.5 Å². The van der Waals surface area contributed by atoms with Gasteiger partial charge < -0.3 is 65.6 Å². The molecule has 1 saturated heterocycles. The number of carboxylic acid groups (broad SMARTS) is 1. The lowest BCUT2D eigenvalue weighted by Crippen LogP contribution is -2.45. The Labute approximate surface area is 449 Å².